The highest BCUT2D eigenvalue weighted by Crippen LogP contribution is 2.26. The summed E-state index contributed by atoms with van der Waals surface area (Å²) < 4.78 is 0. The zero-order valence-corrected chi connectivity index (χ0v) is 26.0. The third-order valence-electron chi connectivity index (χ3n) is 8.26. The van der Waals surface area contributed by atoms with Crippen LogP contribution in [-0.2, 0) is 9.59 Å². The molecule has 0 bridgehead atoms. The Morgan fingerprint density at radius 2 is 0.591 bits per heavy atom. The van der Waals surface area contributed by atoms with Crippen molar-refractivity contribution in [2.24, 2.45) is 0 Å². The maximum Gasteiger partial charge on any atom is 0.232 e. The van der Waals surface area contributed by atoms with Crippen LogP contribution in [-0.4, -0.2) is 24.9 Å². The maximum atomic E-state index is 13.1. The van der Waals surface area contributed by atoms with E-state index in [1.807, 2.05) is 121 Å². The van der Waals surface area contributed by atoms with Crippen molar-refractivity contribution in [1.82, 2.24) is 10.6 Å². The van der Waals surface area contributed by atoms with E-state index in [1.165, 1.54) is 38.5 Å². The lowest BCUT2D eigenvalue weighted by atomic mass is 9.90. The van der Waals surface area contributed by atoms with E-state index in [9.17, 15) is 9.59 Å². The summed E-state index contributed by atoms with van der Waals surface area (Å²) in [6.45, 7) is 1.45. The number of nitrogens with one attached hydrogen (secondary N) is 2. The minimum atomic E-state index is -0.269. The normalized spacial score (nSPS) is 11.0. The lowest BCUT2D eigenvalue weighted by molar-refractivity contribution is -0.122. The lowest BCUT2D eigenvalue weighted by Gasteiger charge is -2.18. The van der Waals surface area contributed by atoms with Gasteiger partial charge in [-0.25, -0.2) is 0 Å². The molecule has 0 unspecified atom stereocenters. The van der Waals surface area contributed by atoms with Gasteiger partial charge in [0.25, 0.3) is 0 Å². The summed E-state index contributed by atoms with van der Waals surface area (Å²) in [4.78, 5) is 26.2. The Kier molecular flexibility index (Phi) is 14.3. The number of hydrogen-bond donors (Lipinski definition) is 2. The molecule has 0 atom stereocenters. The molecule has 4 aromatic rings. The van der Waals surface area contributed by atoms with Crippen LogP contribution in [0, 0.1) is 0 Å². The highest BCUT2D eigenvalue weighted by Gasteiger charge is 2.23. The first kappa shape index (κ1) is 32.7. The molecule has 0 aromatic heterocycles. The van der Waals surface area contributed by atoms with Crippen LogP contribution < -0.4 is 10.6 Å². The molecule has 2 N–H and O–H groups in total. The van der Waals surface area contributed by atoms with E-state index in [-0.39, 0.29) is 23.7 Å². The number of unbranched alkanes of at least 4 members (excludes halogenated alkanes) is 9. The second-order valence-corrected chi connectivity index (χ2v) is 11.6. The largest absolute Gasteiger partial charge is 0.355 e. The molecule has 0 aliphatic carbocycles. The molecule has 0 aliphatic heterocycles. The SMILES string of the molecule is O=C(NCCCCCCCCCCCCNC(=O)C(c1ccccc1)c1ccccc1)C(c1ccccc1)c1ccccc1. The van der Waals surface area contributed by atoms with Crippen molar-refractivity contribution in [3.05, 3.63) is 144 Å². The van der Waals surface area contributed by atoms with Crippen LogP contribution in [0.3, 0.4) is 0 Å². The van der Waals surface area contributed by atoms with Crippen LogP contribution in [0.2, 0.25) is 0 Å². The summed E-state index contributed by atoms with van der Waals surface area (Å²) in [5.74, 6) is -0.383. The molecule has 0 spiro atoms. The Labute approximate surface area is 264 Å². The van der Waals surface area contributed by atoms with E-state index in [0.717, 1.165) is 61.0 Å². The van der Waals surface area contributed by atoms with Gasteiger partial charge in [0.1, 0.15) is 0 Å². The third-order valence-corrected chi connectivity index (χ3v) is 8.26. The van der Waals surface area contributed by atoms with Gasteiger partial charge in [0.2, 0.25) is 11.8 Å². The number of rotatable bonds is 19. The molecule has 4 aromatic carbocycles. The maximum absolute atomic E-state index is 13.1. The smallest absolute Gasteiger partial charge is 0.232 e. The molecule has 44 heavy (non-hydrogen) atoms. The molecule has 4 rings (SSSR count). The van der Waals surface area contributed by atoms with Crippen molar-refractivity contribution in [3.63, 3.8) is 0 Å². The molecule has 0 saturated carbocycles. The van der Waals surface area contributed by atoms with E-state index in [4.69, 9.17) is 0 Å². The first-order chi connectivity index (χ1) is 21.7. The summed E-state index contributed by atoms with van der Waals surface area (Å²) in [5.41, 5.74) is 4.11. The predicted molar refractivity (Wildman–Crippen MR) is 182 cm³/mol. The van der Waals surface area contributed by atoms with Crippen molar-refractivity contribution in [1.29, 1.82) is 0 Å². The predicted octanol–water partition coefficient (Wildman–Crippen LogP) is 8.78. The summed E-state index contributed by atoms with van der Waals surface area (Å²) in [6, 6.07) is 40.1. The summed E-state index contributed by atoms with van der Waals surface area (Å²) in [6.07, 6.45) is 11.8. The van der Waals surface area contributed by atoms with Crippen molar-refractivity contribution in [2.45, 2.75) is 76.0 Å². The van der Waals surface area contributed by atoms with E-state index in [2.05, 4.69) is 10.6 Å². The van der Waals surface area contributed by atoms with E-state index in [1.54, 1.807) is 0 Å². The van der Waals surface area contributed by atoms with Crippen LogP contribution in [0.15, 0.2) is 121 Å². The van der Waals surface area contributed by atoms with Gasteiger partial charge in [0, 0.05) is 13.1 Å². The molecule has 0 heterocycles. The Morgan fingerprint density at radius 3 is 0.841 bits per heavy atom. The molecule has 0 fully saturated rings. The average Bonchev–Trinajstić information content (AvgIpc) is 3.07. The molecule has 0 radical (unpaired) electrons. The summed E-state index contributed by atoms with van der Waals surface area (Å²) in [5, 5.41) is 6.36. The molecule has 230 valence electrons. The average molecular weight is 589 g/mol. The van der Waals surface area contributed by atoms with Gasteiger partial charge < -0.3 is 10.6 Å². The molecular weight excluding hydrogens is 540 g/mol. The molecule has 2 amide bonds. The van der Waals surface area contributed by atoms with E-state index in [0.29, 0.717) is 0 Å². The van der Waals surface area contributed by atoms with Gasteiger partial charge in [0.15, 0.2) is 0 Å². The third kappa shape index (κ3) is 10.8. The van der Waals surface area contributed by atoms with Crippen LogP contribution in [0.5, 0.6) is 0 Å². The summed E-state index contributed by atoms with van der Waals surface area (Å²) >= 11 is 0. The van der Waals surface area contributed by atoms with Gasteiger partial charge in [-0.05, 0) is 35.1 Å². The number of carbonyl (C=O) groups excluding carboxylic acids is 2. The van der Waals surface area contributed by atoms with Crippen LogP contribution in [0.25, 0.3) is 0 Å². The number of amides is 2. The van der Waals surface area contributed by atoms with E-state index >= 15 is 0 Å². The monoisotopic (exact) mass is 588 g/mol. The van der Waals surface area contributed by atoms with Gasteiger partial charge in [0.05, 0.1) is 11.8 Å². The first-order valence-corrected chi connectivity index (χ1v) is 16.5. The molecule has 4 nitrogen and oxygen atoms in total. The standard InChI is InChI=1S/C40H48N2O2/c43-39(37(33-23-13-9-14-24-33)34-25-15-10-16-26-34)41-31-21-7-5-3-1-2-4-6-8-22-32-42-40(44)38(35-27-17-11-18-28-35)36-29-19-12-20-30-36/h9-20,23-30,37-38H,1-8,21-22,31-32H2,(H,41,43)(H,42,44). The second kappa shape index (κ2) is 19.2. The highest BCUT2D eigenvalue weighted by atomic mass is 16.2. The molecule has 0 saturated heterocycles. The summed E-state index contributed by atoms with van der Waals surface area (Å²) in [7, 11) is 0. The van der Waals surface area contributed by atoms with Crippen LogP contribution >= 0.6 is 0 Å². The zero-order chi connectivity index (χ0) is 30.7. The van der Waals surface area contributed by atoms with Crippen molar-refractivity contribution in [2.75, 3.05) is 13.1 Å². The minimum absolute atomic E-state index is 0.0779. The van der Waals surface area contributed by atoms with Crippen molar-refractivity contribution >= 4 is 11.8 Å². The Balaban J connectivity index is 1.02. The lowest BCUT2D eigenvalue weighted by Crippen LogP contribution is -2.30. The highest BCUT2D eigenvalue weighted by molar-refractivity contribution is 5.87. The number of hydrogen-bond acceptors (Lipinski definition) is 2. The van der Waals surface area contributed by atoms with Crippen LogP contribution in [0.4, 0.5) is 0 Å². The Bertz CT molecular complexity index is 1160. The fourth-order valence-corrected chi connectivity index (χ4v) is 5.86. The van der Waals surface area contributed by atoms with Gasteiger partial charge >= 0.3 is 0 Å². The minimum Gasteiger partial charge on any atom is -0.355 e. The fraction of sp³-hybridized carbons (Fsp3) is 0.350. The Morgan fingerprint density at radius 1 is 0.364 bits per heavy atom. The topological polar surface area (TPSA) is 58.2 Å². The van der Waals surface area contributed by atoms with Gasteiger partial charge in [-0.3, -0.25) is 9.59 Å². The zero-order valence-electron chi connectivity index (χ0n) is 26.0. The van der Waals surface area contributed by atoms with Crippen molar-refractivity contribution < 1.29 is 9.59 Å². The molecule has 0 aliphatic rings. The fourth-order valence-electron chi connectivity index (χ4n) is 5.86. The first-order valence-electron chi connectivity index (χ1n) is 16.5. The van der Waals surface area contributed by atoms with Gasteiger partial charge in [-0.2, -0.15) is 0 Å². The Hall–Kier alpha value is -4.18. The molecular formula is C40H48N2O2. The quantitative estimate of drug-likeness (QED) is 0.108. The molecule has 4 heteroatoms. The number of carbonyl (C=O) groups is 2. The van der Waals surface area contributed by atoms with Crippen molar-refractivity contribution in [3.8, 4) is 0 Å². The van der Waals surface area contributed by atoms with Crippen LogP contribution in [0.1, 0.15) is 98.3 Å². The second-order valence-electron chi connectivity index (χ2n) is 11.6. The van der Waals surface area contributed by atoms with Gasteiger partial charge in [-0.15, -0.1) is 0 Å². The van der Waals surface area contributed by atoms with E-state index < -0.39 is 0 Å². The van der Waals surface area contributed by atoms with Gasteiger partial charge in [-0.1, -0.05) is 173 Å². The number of benzene rings is 4.